The molecule has 22 heavy (non-hydrogen) atoms. The van der Waals surface area contributed by atoms with Crippen molar-refractivity contribution in [2.75, 3.05) is 7.11 Å². The number of methoxy groups -OCH3 is 1. The van der Waals surface area contributed by atoms with Gasteiger partial charge in [0.25, 0.3) is 0 Å². The summed E-state index contributed by atoms with van der Waals surface area (Å²) < 4.78 is 11.4. The molecule has 2 nitrogen and oxygen atoms in total. The average molecular weight is 294 g/mol. The number of aryl methyl sites for hydroxylation is 1. The molecule has 0 saturated heterocycles. The molecule has 1 heterocycles. The summed E-state index contributed by atoms with van der Waals surface area (Å²) in [5.74, 6) is 0.879. The fraction of sp³-hybridized carbons (Fsp3) is 0.300. The van der Waals surface area contributed by atoms with Crippen molar-refractivity contribution < 1.29 is 9.47 Å². The zero-order valence-corrected chi connectivity index (χ0v) is 12.9. The molecule has 0 saturated carbocycles. The first-order valence-corrected chi connectivity index (χ1v) is 7.85. The molecule has 2 heteroatoms. The minimum absolute atomic E-state index is 0.0560. The maximum atomic E-state index is 6.24. The molecule has 1 aliphatic heterocycles. The summed E-state index contributed by atoms with van der Waals surface area (Å²) in [6.45, 7) is 0. The molecule has 1 aliphatic rings. The van der Waals surface area contributed by atoms with Gasteiger partial charge in [0.15, 0.2) is 0 Å². The van der Waals surface area contributed by atoms with E-state index in [1.54, 1.807) is 7.11 Å². The van der Waals surface area contributed by atoms with Crippen LogP contribution in [0, 0.1) is 0 Å². The second kappa shape index (κ2) is 7.28. The highest BCUT2D eigenvalue weighted by atomic mass is 16.5. The molecular weight excluding hydrogens is 272 g/mol. The lowest BCUT2D eigenvalue weighted by atomic mass is 10.0. The molecule has 0 unspecified atom stereocenters. The number of hydrogen-bond donors (Lipinski definition) is 0. The van der Waals surface area contributed by atoms with E-state index < -0.39 is 0 Å². The maximum absolute atomic E-state index is 6.24. The summed E-state index contributed by atoms with van der Waals surface area (Å²) in [5.41, 5.74) is 2.56. The lowest BCUT2D eigenvalue weighted by Crippen LogP contribution is -2.19. The van der Waals surface area contributed by atoms with Crippen LogP contribution in [0.5, 0.6) is 5.75 Å². The van der Waals surface area contributed by atoms with Crippen LogP contribution in [0.4, 0.5) is 0 Å². The minimum Gasteiger partial charge on any atom is -0.497 e. The van der Waals surface area contributed by atoms with E-state index in [1.165, 1.54) is 11.1 Å². The van der Waals surface area contributed by atoms with Crippen molar-refractivity contribution >= 4 is 0 Å². The Balaban J connectivity index is 1.59. The minimum atomic E-state index is 0.0560. The molecule has 0 N–H and O–H groups in total. The normalized spacial score (nSPS) is 20.8. The van der Waals surface area contributed by atoms with Crippen LogP contribution < -0.4 is 4.74 Å². The van der Waals surface area contributed by atoms with Crippen LogP contribution in [0.2, 0.25) is 0 Å². The highest BCUT2D eigenvalue weighted by Crippen LogP contribution is 2.29. The Bertz CT molecular complexity index is 601. The van der Waals surface area contributed by atoms with Crippen molar-refractivity contribution in [3.8, 4) is 5.75 Å². The van der Waals surface area contributed by atoms with E-state index in [-0.39, 0.29) is 12.2 Å². The summed E-state index contributed by atoms with van der Waals surface area (Å²) >= 11 is 0. The van der Waals surface area contributed by atoms with Crippen LogP contribution >= 0.6 is 0 Å². The van der Waals surface area contributed by atoms with Gasteiger partial charge >= 0.3 is 0 Å². The Morgan fingerprint density at radius 2 is 1.82 bits per heavy atom. The van der Waals surface area contributed by atoms with Gasteiger partial charge < -0.3 is 9.47 Å². The Hall–Kier alpha value is -2.06. The smallest absolute Gasteiger partial charge is 0.118 e. The van der Waals surface area contributed by atoms with Gasteiger partial charge in [-0.05, 0) is 42.5 Å². The standard InChI is InChI=1S/C20H22O2/c1-21-18-14-11-17(12-15-18)20-9-5-8-19(22-20)13-10-16-6-3-2-4-7-16/h2-7,9,11-12,14-15,19-20H,8,10,13H2,1H3/t19-,20+/m0/s1. The Labute approximate surface area is 132 Å². The fourth-order valence-corrected chi connectivity index (χ4v) is 2.80. The second-order valence-electron chi connectivity index (χ2n) is 5.64. The monoisotopic (exact) mass is 294 g/mol. The molecule has 0 fully saturated rings. The SMILES string of the molecule is COc1ccc([C@H]2C=CC[C@@H](CCc3ccccc3)O2)cc1. The lowest BCUT2D eigenvalue weighted by molar-refractivity contribution is 0.000722. The fourth-order valence-electron chi connectivity index (χ4n) is 2.80. The van der Waals surface area contributed by atoms with Crippen molar-refractivity contribution in [2.45, 2.75) is 31.5 Å². The van der Waals surface area contributed by atoms with Gasteiger partial charge in [-0.15, -0.1) is 0 Å². The topological polar surface area (TPSA) is 18.5 Å². The molecule has 3 rings (SSSR count). The van der Waals surface area contributed by atoms with Gasteiger partial charge in [-0.1, -0.05) is 54.6 Å². The molecule has 2 atom stereocenters. The van der Waals surface area contributed by atoms with E-state index in [4.69, 9.17) is 9.47 Å². The van der Waals surface area contributed by atoms with Crippen LogP contribution in [0.15, 0.2) is 66.7 Å². The van der Waals surface area contributed by atoms with Gasteiger partial charge in [-0.3, -0.25) is 0 Å². The van der Waals surface area contributed by atoms with Crippen molar-refractivity contribution in [3.63, 3.8) is 0 Å². The first-order chi connectivity index (χ1) is 10.8. The van der Waals surface area contributed by atoms with Crippen molar-refractivity contribution in [1.29, 1.82) is 0 Å². The quantitative estimate of drug-likeness (QED) is 0.743. The molecule has 114 valence electrons. The molecule has 0 bridgehead atoms. The number of hydrogen-bond acceptors (Lipinski definition) is 2. The van der Waals surface area contributed by atoms with Crippen molar-refractivity contribution in [3.05, 3.63) is 77.9 Å². The predicted molar refractivity (Wildman–Crippen MR) is 89.1 cm³/mol. The van der Waals surface area contributed by atoms with Crippen LogP contribution in [0.25, 0.3) is 0 Å². The molecule has 2 aromatic rings. The van der Waals surface area contributed by atoms with E-state index in [0.717, 1.165) is 25.0 Å². The predicted octanol–water partition coefficient (Wildman–Crippen LogP) is 4.71. The third-order valence-corrected chi connectivity index (χ3v) is 4.09. The Kier molecular flexibility index (Phi) is 4.92. The third-order valence-electron chi connectivity index (χ3n) is 4.09. The molecule has 0 aromatic heterocycles. The highest BCUT2D eigenvalue weighted by Gasteiger charge is 2.19. The summed E-state index contributed by atoms with van der Waals surface area (Å²) in [6.07, 6.45) is 7.86. The van der Waals surface area contributed by atoms with Crippen LogP contribution in [0.3, 0.4) is 0 Å². The zero-order chi connectivity index (χ0) is 15.2. The van der Waals surface area contributed by atoms with E-state index in [2.05, 4.69) is 54.6 Å². The number of ether oxygens (including phenoxy) is 2. The van der Waals surface area contributed by atoms with Gasteiger partial charge in [0.1, 0.15) is 11.9 Å². The molecule has 0 radical (unpaired) electrons. The average Bonchev–Trinajstić information content (AvgIpc) is 2.61. The summed E-state index contributed by atoms with van der Waals surface area (Å²) in [5, 5.41) is 0. The molecule has 0 spiro atoms. The maximum Gasteiger partial charge on any atom is 0.118 e. The largest absolute Gasteiger partial charge is 0.497 e. The van der Waals surface area contributed by atoms with Gasteiger partial charge in [0, 0.05) is 0 Å². The highest BCUT2D eigenvalue weighted by molar-refractivity contribution is 5.30. The van der Waals surface area contributed by atoms with Crippen molar-refractivity contribution in [2.24, 2.45) is 0 Å². The summed E-state index contributed by atoms with van der Waals surface area (Å²) in [6, 6.07) is 18.7. The molecular formula is C20H22O2. The van der Waals surface area contributed by atoms with Crippen molar-refractivity contribution in [1.82, 2.24) is 0 Å². The van der Waals surface area contributed by atoms with E-state index in [9.17, 15) is 0 Å². The van der Waals surface area contributed by atoms with Gasteiger partial charge in [0.05, 0.1) is 13.2 Å². The summed E-state index contributed by atoms with van der Waals surface area (Å²) in [7, 11) is 1.69. The van der Waals surface area contributed by atoms with E-state index >= 15 is 0 Å². The summed E-state index contributed by atoms with van der Waals surface area (Å²) in [4.78, 5) is 0. The van der Waals surface area contributed by atoms with Gasteiger partial charge in [-0.2, -0.15) is 0 Å². The molecule has 2 aromatic carbocycles. The van der Waals surface area contributed by atoms with E-state index in [1.807, 2.05) is 12.1 Å². The second-order valence-corrected chi connectivity index (χ2v) is 5.64. The molecule has 0 amide bonds. The number of benzene rings is 2. The van der Waals surface area contributed by atoms with Crippen LogP contribution in [0.1, 0.15) is 30.1 Å². The first kappa shape index (κ1) is 14.9. The van der Waals surface area contributed by atoms with Crippen LogP contribution in [-0.4, -0.2) is 13.2 Å². The number of rotatable bonds is 5. The van der Waals surface area contributed by atoms with Gasteiger partial charge in [-0.25, -0.2) is 0 Å². The zero-order valence-electron chi connectivity index (χ0n) is 12.9. The Morgan fingerprint density at radius 3 is 2.55 bits per heavy atom. The van der Waals surface area contributed by atoms with Crippen LogP contribution in [-0.2, 0) is 11.2 Å². The first-order valence-electron chi connectivity index (χ1n) is 7.85. The van der Waals surface area contributed by atoms with E-state index in [0.29, 0.717) is 0 Å². The molecule has 0 aliphatic carbocycles. The lowest BCUT2D eigenvalue weighted by Gasteiger charge is -2.26. The third kappa shape index (κ3) is 3.77. The van der Waals surface area contributed by atoms with Gasteiger partial charge in [0.2, 0.25) is 0 Å². The Morgan fingerprint density at radius 1 is 1.05 bits per heavy atom.